The maximum atomic E-state index is 12.0. The molecular weight excluding hydrogens is 372 g/mol. The summed E-state index contributed by atoms with van der Waals surface area (Å²) in [5.74, 6) is 2.07. The highest BCUT2D eigenvalue weighted by molar-refractivity contribution is 5.37. The van der Waals surface area contributed by atoms with Gasteiger partial charge in [0.2, 0.25) is 0 Å². The van der Waals surface area contributed by atoms with Gasteiger partial charge in [-0.2, -0.15) is 0 Å². The molecule has 0 amide bonds. The summed E-state index contributed by atoms with van der Waals surface area (Å²) in [5, 5.41) is 18.8. The number of nitrogens with zero attached hydrogens (tertiary/aromatic N) is 2. The van der Waals surface area contributed by atoms with E-state index in [0.717, 1.165) is 29.8 Å². The van der Waals surface area contributed by atoms with Crippen molar-refractivity contribution in [2.45, 2.75) is 18.6 Å². The van der Waals surface area contributed by atoms with Crippen molar-refractivity contribution in [2.24, 2.45) is 0 Å². The maximum absolute atomic E-state index is 12.0. The average molecular weight is 396 g/mol. The van der Waals surface area contributed by atoms with Crippen LogP contribution in [-0.4, -0.2) is 37.1 Å². The van der Waals surface area contributed by atoms with E-state index in [1.165, 1.54) is 0 Å². The Balaban J connectivity index is 1.79. The van der Waals surface area contributed by atoms with E-state index >= 15 is 0 Å². The summed E-state index contributed by atoms with van der Waals surface area (Å²) in [6.07, 6.45) is 0.718. The number of fused-ring (bicyclic) bond motifs is 1. The third-order valence-corrected chi connectivity index (χ3v) is 5.39. The molecule has 1 fully saturated rings. The van der Waals surface area contributed by atoms with Crippen LogP contribution in [-0.2, 0) is 0 Å². The molecule has 0 aromatic heterocycles. The molecule has 2 atom stereocenters. The molecular formula is C21H24N4O4. The molecule has 0 aliphatic carbocycles. The lowest BCUT2D eigenvalue weighted by atomic mass is 9.97. The monoisotopic (exact) mass is 396 g/mol. The molecule has 0 saturated carbocycles. The first-order valence-electron chi connectivity index (χ1n) is 9.55. The fourth-order valence-electron chi connectivity index (χ4n) is 3.93. The molecule has 0 spiro atoms. The summed E-state index contributed by atoms with van der Waals surface area (Å²) < 4.78 is 10.5. The summed E-state index contributed by atoms with van der Waals surface area (Å²) in [4.78, 5) is 13.8. The highest BCUT2D eigenvalue weighted by atomic mass is 16.6. The van der Waals surface area contributed by atoms with E-state index in [1.54, 1.807) is 14.2 Å². The Labute approximate surface area is 169 Å². The Bertz CT molecular complexity index is 911. The van der Waals surface area contributed by atoms with E-state index in [-0.39, 0.29) is 16.8 Å². The van der Waals surface area contributed by atoms with Gasteiger partial charge in [0, 0.05) is 13.1 Å². The molecule has 1 saturated heterocycles. The Morgan fingerprint density at radius 2 is 1.59 bits per heavy atom. The minimum atomic E-state index is -0.556. The van der Waals surface area contributed by atoms with E-state index < -0.39 is 6.04 Å². The van der Waals surface area contributed by atoms with Crippen molar-refractivity contribution in [1.82, 2.24) is 15.5 Å². The van der Waals surface area contributed by atoms with Crippen LogP contribution in [0.3, 0.4) is 0 Å². The van der Waals surface area contributed by atoms with Crippen LogP contribution in [0.1, 0.15) is 29.8 Å². The molecule has 2 unspecified atom stereocenters. The standard InChI is InChI=1S/C21H24N4O4/c1-28-16-8-4-14(5-9-16)18-19(25(26)27)21-22-12-3-13-24(21)20(23-18)15-6-10-17(29-2)11-7-15/h4-11,18,20,22-23H,3,12-13H2,1-2H3. The average Bonchev–Trinajstić information content (AvgIpc) is 2.78. The molecule has 2 aliphatic heterocycles. The number of hydrogen-bond acceptors (Lipinski definition) is 7. The number of ether oxygens (including phenoxy) is 2. The molecule has 2 aromatic rings. The van der Waals surface area contributed by atoms with Gasteiger partial charge in [-0.05, 0) is 41.8 Å². The lowest BCUT2D eigenvalue weighted by Gasteiger charge is -2.44. The first-order chi connectivity index (χ1) is 14.1. The summed E-state index contributed by atoms with van der Waals surface area (Å²) in [7, 11) is 3.23. The van der Waals surface area contributed by atoms with Crippen LogP contribution in [0.2, 0.25) is 0 Å². The first-order valence-corrected chi connectivity index (χ1v) is 9.55. The van der Waals surface area contributed by atoms with Gasteiger partial charge in [-0.25, -0.2) is 0 Å². The predicted octanol–water partition coefficient (Wildman–Crippen LogP) is 2.79. The molecule has 2 N–H and O–H groups in total. The molecule has 8 heteroatoms. The van der Waals surface area contributed by atoms with Crippen molar-refractivity contribution in [3.63, 3.8) is 0 Å². The van der Waals surface area contributed by atoms with Gasteiger partial charge in [-0.15, -0.1) is 0 Å². The Hall–Kier alpha value is -3.26. The third-order valence-electron chi connectivity index (χ3n) is 5.39. The molecule has 0 bridgehead atoms. The van der Waals surface area contributed by atoms with Crippen LogP contribution in [0.5, 0.6) is 11.5 Å². The second kappa shape index (κ2) is 8.00. The van der Waals surface area contributed by atoms with Crippen molar-refractivity contribution in [3.8, 4) is 11.5 Å². The number of benzene rings is 2. The molecule has 2 aliphatic rings. The minimum absolute atomic E-state index is 0.139. The topological polar surface area (TPSA) is 88.9 Å². The first kappa shape index (κ1) is 19.1. The number of nitrogens with one attached hydrogen (secondary N) is 2. The number of methoxy groups -OCH3 is 2. The van der Waals surface area contributed by atoms with Gasteiger partial charge in [0.1, 0.15) is 23.7 Å². The quantitative estimate of drug-likeness (QED) is 0.593. The van der Waals surface area contributed by atoms with Gasteiger partial charge in [-0.3, -0.25) is 15.4 Å². The maximum Gasteiger partial charge on any atom is 0.307 e. The second-order valence-electron chi connectivity index (χ2n) is 7.01. The smallest absolute Gasteiger partial charge is 0.307 e. The summed E-state index contributed by atoms with van der Waals surface area (Å²) in [6.45, 7) is 1.45. The summed E-state index contributed by atoms with van der Waals surface area (Å²) in [6, 6.07) is 14.6. The van der Waals surface area contributed by atoms with E-state index in [0.29, 0.717) is 18.1 Å². The van der Waals surface area contributed by atoms with E-state index in [2.05, 4.69) is 10.6 Å². The van der Waals surface area contributed by atoms with Crippen molar-refractivity contribution in [2.75, 3.05) is 27.3 Å². The lowest BCUT2D eigenvalue weighted by molar-refractivity contribution is -0.436. The van der Waals surface area contributed by atoms with Crippen LogP contribution in [0.25, 0.3) is 0 Å². The summed E-state index contributed by atoms with van der Waals surface area (Å²) >= 11 is 0. The number of hydrogen-bond donors (Lipinski definition) is 2. The van der Waals surface area contributed by atoms with Crippen LogP contribution in [0, 0.1) is 10.1 Å². The van der Waals surface area contributed by atoms with Crippen molar-refractivity contribution < 1.29 is 14.4 Å². The molecule has 2 aromatic carbocycles. The zero-order chi connectivity index (χ0) is 20.4. The van der Waals surface area contributed by atoms with Crippen LogP contribution < -0.4 is 20.1 Å². The van der Waals surface area contributed by atoms with Crippen LogP contribution in [0.15, 0.2) is 60.0 Å². The van der Waals surface area contributed by atoms with Gasteiger partial charge in [0.15, 0.2) is 5.82 Å². The van der Waals surface area contributed by atoms with Gasteiger partial charge in [-0.1, -0.05) is 24.3 Å². The highest BCUT2D eigenvalue weighted by Crippen LogP contribution is 2.38. The fraction of sp³-hybridized carbons (Fsp3) is 0.333. The van der Waals surface area contributed by atoms with Crippen LogP contribution in [0.4, 0.5) is 0 Å². The van der Waals surface area contributed by atoms with Crippen molar-refractivity contribution >= 4 is 0 Å². The molecule has 152 valence electrons. The number of rotatable bonds is 5. The largest absolute Gasteiger partial charge is 0.497 e. The molecule has 2 heterocycles. The van der Waals surface area contributed by atoms with Crippen molar-refractivity contribution in [1.29, 1.82) is 0 Å². The van der Waals surface area contributed by atoms with Gasteiger partial charge < -0.3 is 19.7 Å². The summed E-state index contributed by atoms with van der Waals surface area (Å²) in [5.41, 5.74) is 1.98. The van der Waals surface area contributed by atoms with Gasteiger partial charge >= 0.3 is 5.70 Å². The zero-order valence-corrected chi connectivity index (χ0v) is 16.4. The molecule has 4 rings (SSSR count). The van der Waals surface area contributed by atoms with E-state index in [1.807, 2.05) is 53.4 Å². The van der Waals surface area contributed by atoms with Crippen LogP contribution >= 0.6 is 0 Å². The number of nitro groups is 1. The Morgan fingerprint density at radius 1 is 1.00 bits per heavy atom. The lowest BCUT2D eigenvalue weighted by Crippen LogP contribution is -2.53. The Morgan fingerprint density at radius 3 is 2.14 bits per heavy atom. The van der Waals surface area contributed by atoms with Crippen molar-refractivity contribution in [3.05, 3.63) is 81.3 Å². The fourth-order valence-corrected chi connectivity index (χ4v) is 3.93. The molecule has 0 radical (unpaired) electrons. The SMILES string of the molecule is COc1ccc(C2NC(c3ccc(OC)cc3)N3CCCNC3=C2[N+](=O)[O-])cc1. The molecule has 29 heavy (non-hydrogen) atoms. The minimum Gasteiger partial charge on any atom is -0.497 e. The van der Waals surface area contributed by atoms with Gasteiger partial charge in [0.05, 0.1) is 19.1 Å². The van der Waals surface area contributed by atoms with E-state index in [4.69, 9.17) is 9.47 Å². The highest BCUT2D eigenvalue weighted by Gasteiger charge is 2.43. The second-order valence-corrected chi connectivity index (χ2v) is 7.01. The molecule has 8 nitrogen and oxygen atoms in total. The van der Waals surface area contributed by atoms with E-state index in [9.17, 15) is 10.1 Å². The third kappa shape index (κ3) is 3.58. The zero-order valence-electron chi connectivity index (χ0n) is 16.4. The normalized spacial score (nSPS) is 21.2. The van der Waals surface area contributed by atoms with Gasteiger partial charge in [0.25, 0.3) is 0 Å². The predicted molar refractivity (Wildman–Crippen MR) is 108 cm³/mol. The Kier molecular flexibility index (Phi) is 5.26.